The van der Waals surface area contributed by atoms with Crippen LogP contribution in [0.15, 0.2) is 4.79 Å². The Morgan fingerprint density at radius 2 is 2.56 bits per heavy atom. The molecule has 0 radical (unpaired) electrons. The summed E-state index contributed by atoms with van der Waals surface area (Å²) in [6, 6.07) is 0. The van der Waals surface area contributed by atoms with Crippen LogP contribution >= 0.6 is 22.9 Å². The number of nitrogens with zero attached hydrogens (tertiary/aromatic N) is 1. The summed E-state index contributed by atoms with van der Waals surface area (Å²) in [4.78, 5) is 10.3. The Hall–Kier alpha value is -0.350. The second kappa shape index (κ2) is 2.98. The molecule has 0 fully saturated rings. The second-order valence-corrected chi connectivity index (χ2v) is 2.87. The van der Waals surface area contributed by atoms with Gasteiger partial charge in [0.25, 0.3) is 0 Å². The summed E-state index contributed by atoms with van der Waals surface area (Å²) in [7, 11) is 0. The number of aromatic amines is 1. The van der Waals surface area contributed by atoms with Gasteiger partial charge in [0.05, 0.1) is 0 Å². The van der Waals surface area contributed by atoms with Crippen molar-refractivity contribution < 1.29 is 0 Å². The highest BCUT2D eigenvalue weighted by Crippen LogP contribution is 1.97. The van der Waals surface area contributed by atoms with Crippen LogP contribution in [0.4, 0.5) is 0 Å². The molecule has 1 aromatic rings. The maximum absolute atomic E-state index is 10.4. The molecule has 0 aliphatic heterocycles. The van der Waals surface area contributed by atoms with Crippen molar-refractivity contribution >= 4 is 22.9 Å². The van der Waals surface area contributed by atoms with Gasteiger partial charge in [-0.05, 0) is 0 Å². The zero-order valence-corrected chi connectivity index (χ0v) is 6.13. The van der Waals surface area contributed by atoms with Crippen LogP contribution in [0.5, 0.6) is 0 Å². The van der Waals surface area contributed by atoms with Crippen molar-refractivity contribution in [2.75, 3.05) is 5.88 Å². The largest absolute Gasteiger partial charge is 0.322 e. The molecule has 0 bridgehead atoms. The van der Waals surface area contributed by atoms with Gasteiger partial charge >= 0.3 is 4.87 Å². The SMILES string of the molecule is O=c1[nH]nc(CCCl)s1. The number of halogens is 1. The molecule has 0 unspecified atom stereocenters. The van der Waals surface area contributed by atoms with Crippen molar-refractivity contribution in [3.8, 4) is 0 Å². The summed E-state index contributed by atoms with van der Waals surface area (Å²) < 4.78 is 0. The minimum Gasteiger partial charge on any atom is -0.255 e. The van der Waals surface area contributed by atoms with Crippen molar-refractivity contribution in [1.29, 1.82) is 0 Å². The molecule has 1 N–H and O–H groups in total. The van der Waals surface area contributed by atoms with Gasteiger partial charge in [-0.3, -0.25) is 4.79 Å². The third kappa shape index (κ3) is 1.80. The van der Waals surface area contributed by atoms with Gasteiger partial charge in [-0.15, -0.1) is 11.6 Å². The molecule has 1 aromatic heterocycles. The minimum atomic E-state index is -0.116. The molecule has 0 amide bonds. The number of H-pyrrole nitrogens is 1. The Bertz CT molecular complexity index is 230. The molecule has 0 spiro atoms. The van der Waals surface area contributed by atoms with Gasteiger partial charge in [-0.1, -0.05) is 11.3 Å². The van der Waals surface area contributed by atoms with E-state index in [1.54, 1.807) is 0 Å². The zero-order chi connectivity index (χ0) is 6.69. The fourth-order valence-corrected chi connectivity index (χ4v) is 1.34. The van der Waals surface area contributed by atoms with Gasteiger partial charge in [-0.25, -0.2) is 5.10 Å². The van der Waals surface area contributed by atoms with E-state index in [1.807, 2.05) is 0 Å². The Morgan fingerprint density at radius 3 is 3.00 bits per heavy atom. The Balaban J connectivity index is 2.73. The van der Waals surface area contributed by atoms with E-state index in [0.29, 0.717) is 12.3 Å². The Kier molecular flexibility index (Phi) is 2.24. The van der Waals surface area contributed by atoms with E-state index in [2.05, 4.69) is 10.2 Å². The summed E-state index contributed by atoms with van der Waals surface area (Å²) in [5.41, 5.74) is 0. The molecule has 0 aliphatic carbocycles. The van der Waals surface area contributed by atoms with E-state index in [1.165, 1.54) is 0 Å². The molecule has 9 heavy (non-hydrogen) atoms. The van der Waals surface area contributed by atoms with Crippen molar-refractivity contribution in [2.45, 2.75) is 6.42 Å². The van der Waals surface area contributed by atoms with Crippen LogP contribution in [0.1, 0.15) is 5.01 Å². The zero-order valence-electron chi connectivity index (χ0n) is 4.56. The third-order valence-electron chi connectivity index (χ3n) is 0.791. The number of hydrogen-bond acceptors (Lipinski definition) is 3. The number of aryl methyl sites for hydroxylation is 1. The van der Waals surface area contributed by atoms with Crippen LogP contribution in [0.3, 0.4) is 0 Å². The summed E-state index contributed by atoms with van der Waals surface area (Å²) in [6.07, 6.45) is 0.672. The molecule has 0 aromatic carbocycles. The van der Waals surface area contributed by atoms with E-state index >= 15 is 0 Å². The van der Waals surface area contributed by atoms with Gasteiger partial charge in [0.1, 0.15) is 5.01 Å². The fourth-order valence-electron chi connectivity index (χ4n) is 0.448. The number of rotatable bonds is 2. The number of nitrogens with one attached hydrogen (secondary N) is 1. The first-order valence-corrected chi connectivity index (χ1v) is 3.78. The van der Waals surface area contributed by atoms with Crippen LogP contribution in [0.2, 0.25) is 0 Å². The van der Waals surface area contributed by atoms with Crippen LogP contribution in [0.25, 0.3) is 0 Å². The van der Waals surface area contributed by atoms with Crippen LogP contribution in [-0.2, 0) is 6.42 Å². The molecular formula is C4H5ClN2OS. The topological polar surface area (TPSA) is 45.8 Å². The van der Waals surface area contributed by atoms with E-state index < -0.39 is 0 Å². The summed E-state index contributed by atoms with van der Waals surface area (Å²) in [5, 5.41) is 6.78. The quantitative estimate of drug-likeness (QED) is 0.652. The highest BCUT2D eigenvalue weighted by Gasteiger charge is 1.95. The van der Waals surface area contributed by atoms with Gasteiger partial charge < -0.3 is 0 Å². The monoisotopic (exact) mass is 164 g/mol. The summed E-state index contributed by atoms with van der Waals surface area (Å²) >= 11 is 6.50. The van der Waals surface area contributed by atoms with E-state index in [0.717, 1.165) is 16.3 Å². The maximum atomic E-state index is 10.4. The van der Waals surface area contributed by atoms with Gasteiger partial charge in [0.2, 0.25) is 0 Å². The van der Waals surface area contributed by atoms with Crippen LogP contribution < -0.4 is 4.87 Å². The number of alkyl halides is 1. The van der Waals surface area contributed by atoms with Crippen LogP contribution in [-0.4, -0.2) is 16.1 Å². The van der Waals surface area contributed by atoms with Crippen molar-refractivity contribution in [2.24, 2.45) is 0 Å². The van der Waals surface area contributed by atoms with Gasteiger partial charge in [0, 0.05) is 12.3 Å². The standard InChI is InChI=1S/C4H5ClN2OS/c5-2-1-3-6-7-4(8)9-3/h1-2H2,(H,7,8). The third-order valence-corrected chi connectivity index (χ3v) is 1.79. The minimum absolute atomic E-state index is 0.116. The van der Waals surface area contributed by atoms with E-state index in [4.69, 9.17) is 11.6 Å². The molecule has 3 nitrogen and oxygen atoms in total. The van der Waals surface area contributed by atoms with Gasteiger partial charge in [0.15, 0.2) is 0 Å². The highest BCUT2D eigenvalue weighted by atomic mass is 35.5. The van der Waals surface area contributed by atoms with E-state index in [9.17, 15) is 4.79 Å². The normalized spacial score (nSPS) is 9.89. The van der Waals surface area contributed by atoms with Gasteiger partial charge in [-0.2, -0.15) is 5.10 Å². The van der Waals surface area contributed by atoms with Crippen molar-refractivity contribution in [1.82, 2.24) is 10.2 Å². The maximum Gasteiger partial charge on any atom is 0.322 e. The lowest BCUT2D eigenvalue weighted by molar-refractivity contribution is 0.971. The molecule has 1 rings (SSSR count). The molecule has 0 saturated carbocycles. The average molecular weight is 165 g/mol. The fraction of sp³-hybridized carbons (Fsp3) is 0.500. The molecule has 0 atom stereocenters. The second-order valence-electron chi connectivity index (χ2n) is 1.45. The average Bonchev–Trinajstić information content (AvgIpc) is 2.17. The number of hydrogen-bond donors (Lipinski definition) is 1. The first-order chi connectivity index (χ1) is 4.33. The first-order valence-electron chi connectivity index (χ1n) is 2.43. The van der Waals surface area contributed by atoms with Crippen molar-refractivity contribution in [3.05, 3.63) is 14.7 Å². The predicted molar refractivity (Wildman–Crippen MR) is 37.2 cm³/mol. The lowest BCUT2D eigenvalue weighted by atomic mass is 10.5. The molecule has 0 saturated heterocycles. The predicted octanol–water partition coefficient (Wildman–Crippen LogP) is 0.613. The highest BCUT2D eigenvalue weighted by molar-refractivity contribution is 7.08. The molecular weight excluding hydrogens is 160 g/mol. The Morgan fingerprint density at radius 1 is 1.78 bits per heavy atom. The van der Waals surface area contributed by atoms with E-state index in [-0.39, 0.29) is 4.87 Å². The lowest BCUT2D eigenvalue weighted by Gasteiger charge is -1.81. The summed E-state index contributed by atoms with van der Waals surface area (Å²) in [6.45, 7) is 0. The smallest absolute Gasteiger partial charge is 0.255 e. The molecule has 1 heterocycles. The molecule has 0 aliphatic rings. The first kappa shape index (κ1) is 6.77. The lowest BCUT2D eigenvalue weighted by Crippen LogP contribution is -1.90. The van der Waals surface area contributed by atoms with Crippen molar-refractivity contribution in [3.63, 3.8) is 0 Å². The number of aromatic nitrogens is 2. The summed E-state index contributed by atoms with van der Waals surface area (Å²) in [5.74, 6) is 0.515. The molecule has 50 valence electrons. The molecule has 5 heteroatoms. The Labute approximate surface area is 60.7 Å². The van der Waals surface area contributed by atoms with Crippen LogP contribution in [0, 0.1) is 0 Å².